The zero-order valence-electron chi connectivity index (χ0n) is 11.3. The molecule has 0 fully saturated rings. The van der Waals surface area contributed by atoms with Crippen molar-refractivity contribution >= 4 is 11.6 Å². The molecule has 1 aliphatic carbocycles. The van der Waals surface area contributed by atoms with E-state index in [1.807, 2.05) is 44.2 Å². The Morgan fingerprint density at radius 1 is 1.16 bits per heavy atom. The highest BCUT2D eigenvalue weighted by Crippen LogP contribution is 2.34. The summed E-state index contributed by atoms with van der Waals surface area (Å²) in [6.45, 7) is 4.48. The van der Waals surface area contributed by atoms with Crippen molar-refractivity contribution < 1.29 is 14.3 Å². The lowest BCUT2D eigenvalue weighted by Gasteiger charge is -2.33. The normalized spacial score (nSPS) is 23.1. The molecule has 0 saturated carbocycles. The maximum atomic E-state index is 12.3. The molecular formula is C16H18O3. The van der Waals surface area contributed by atoms with Crippen molar-refractivity contribution in [2.45, 2.75) is 25.9 Å². The zero-order chi connectivity index (χ0) is 13.9. The Bertz CT molecular complexity index is 502. The molecule has 0 spiro atoms. The molecule has 100 valence electrons. The summed E-state index contributed by atoms with van der Waals surface area (Å²) in [6, 6.07) is 9.26. The number of carbonyl (C=O) groups excluding carboxylic acids is 2. The van der Waals surface area contributed by atoms with Crippen LogP contribution in [0.2, 0.25) is 0 Å². The van der Waals surface area contributed by atoms with Crippen LogP contribution >= 0.6 is 0 Å². The number of rotatable bonds is 4. The van der Waals surface area contributed by atoms with Crippen LogP contribution in [0.1, 0.15) is 25.8 Å². The summed E-state index contributed by atoms with van der Waals surface area (Å²) in [5.74, 6) is 0.0700. The molecule has 0 heterocycles. The van der Waals surface area contributed by atoms with Gasteiger partial charge in [-0.15, -0.1) is 0 Å². The van der Waals surface area contributed by atoms with Crippen LogP contribution in [0.25, 0.3) is 0 Å². The monoisotopic (exact) mass is 258 g/mol. The summed E-state index contributed by atoms with van der Waals surface area (Å²) in [4.78, 5) is 24.0. The van der Waals surface area contributed by atoms with E-state index in [1.54, 1.807) is 0 Å². The molecule has 0 N–H and O–H groups in total. The van der Waals surface area contributed by atoms with Gasteiger partial charge in [0.1, 0.15) is 0 Å². The smallest absolute Gasteiger partial charge is 0.192 e. The summed E-state index contributed by atoms with van der Waals surface area (Å²) in [7, 11) is 0. The van der Waals surface area contributed by atoms with Gasteiger partial charge in [-0.3, -0.25) is 9.59 Å². The Balaban J connectivity index is 2.41. The third kappa shape index (κ3) is 2.82. The fourth-order valence-electron chi connectivity index (χ4n) is 2.16. The van der Waals surface area contributed by atoms with Crippen molar-refractivity contribution in [3.8, 4) is 0 Å². The molecule has 1 aromatic rings. The van der Waals surface area contributed by atoms with Crippen LogP contribution in [0.4, 0.5) is 0 Å². The second kappa shape index (κ2) is 5.49. The van der Waals surface area contributed by atoms with Gasteiger partial charge in [0.25, 0.3) is 0 Å². The largest absolute Gasteiger partial charge is 0.361 e. The first kappa shape index (κ1) is 13.7. The van der Waals surface area contributed by atoms with Gasteiger partial charge in [0.05, 0.1) is 13.0 Å². The van der Waals surface area contributed by atoms with Crippen molar-refractivity contribution in [2.75, 3.05) is 6.61 Å². The van der Waals surface area contributed by atoms with Crippen molar-refractivity contribution in [2.24, 2.45) is 5.92 Å². The highest BCUT2D eigenvalue weighted by molar-refractivity contribution is 6.10. The molecule has 3 heteroatoms. The second-order valence-electron chi connectivity index (χ2n) is 5.24. The number of allylic oxidation sites excluding steroid dienone is 1. The van der Waals surface area contributed by atoms with E-state index in [4.69, 9.17) is 4.74 Å². The zero-order valence-corrected chi connectivity index (χ0v) is 11.3. The summed E-state index contributed by atoms with van der Waals surface area (Å²) >= 11 is 0. The van der Waals surface area contributed by atoms with Gasteiger partial charge in [-0.2, -0.15) is 0 Å². The average Bonchev–Trinajstić information content (AvgIpc) is 2.41. The van der Waals surface area contributed by atoms with Crippen molar-refractivity contribution in [1.29, 1.82) is 0 Å². The summed E-state index contributed by atoms with van der Waals surface area (Å²) in [6.07, 6.45) is 2.75. The lowest BCUT2D eigenvalue weighted by Crippen LogP contribution is -2.42. The number of ether oxygens (including phenoxy) is 1. The average molecular weight is 258 g/mol. The van der Waals surface area contributed by atoms with Crippen LogP contribution < -0.4 is 0 Å². The Labute approximate surface area is 113 Å². The Hall–Kier alpha value is -1.74. The molecule has 1 atom stereocenters. The summed E-state index contributed by atoms with van der Waals surface area (Å²) in [5.41, 5.74) is -0.393. The lowest BCUT2D eigenvalue weighted by molar-refractivity contribution is -0.149. The van der Waals surface area contributed by atoms with Gasteiger partial charge >= 0.3 is 0 Å². The maximum absolute atomic E-state index is 12.3. The van der Waals surface area contributed by atoms with E-state index in [1.165, 1.54) is 12.2 Å². The van der Waals surface area contributed by atoms with Gasteiger partial charge in [0, 0.05) is 0 Å². The minimum atomic E-state index is -1.14. The molecule has 1 aliphatic rings. The summed E-state index contributed by atoms with van der Waals surface area (Å²) in [5, 5.41) is 0. The Morgan fingerprint density at radius 3 is 2.47 bits per heavy atom. The van der Waals surface area contributed by atoms with Gasteiger partial charge in [-0.1, -0.05) is 44.2 Å². The highest BCUT2D eigenvalue weighted by Gasteiger charge is 2.43. The first-order chi connectivity index (χ1) is 9.04. The molecule has 1 aromatic carbocycles. The van der Waals surface area contributed by atoms with E-state index < -0.39 is 5.60 Å². The predicted molar refractivity (Wildman–Crippen MR) is 72.7 cm³/mol. The standard InChI is InChI=1S/C16H18O3/c1-12(2)11-19-16(13-6-4-3-5-7-13)10-14(17)8-9-15(16)18/h3-9,12H,10-11H2,1-2H3. The Kier molecular flexibility index (Phi) is 3.96. The fraction of sp³-hybridized carbons (Fsp3) is 0.375. The molecule has 19 heavy (non-hydrogen) atoms. The number of hydrogen-bond donors (Lipinski definition) is 0. The van der Waals surface area contributed by atoms with Gasteiger partial charge in [0.2, 0.25) is 0 Å². The Morgan fingerprint density at radius 2 is 1.84 bits per heavy atom. The van der Waals surface area contributed by atoms with E-state index >= 15 is 0 Å². The molecule has 0 aliphatic heterocycles. The van der Waals surface area contributed by atoms with E-state index in [0.717, 1.165) is 5.56 Å². The highest BCUT2D eigenvalue weighted by atomic mass is 16.5. The third-order valence-electron chi connectivity index (χ3n) is 3.14. The third-order valence-corrected chi connectivity index (χ3v) is 3.14. The second-order valence-corrected chi connectivity index (χ2v) is 5.24. The lowest BCUT2D eigenvalue weighted by atomic mass is 9.81. The first-order valence-electron chi connectivity index (χ1n) is 6.49. The van der Waals surface area contributed by atoms with Crippen molar-refractivity contribution in [1.82, 2.24) is 0 Å². The maximum Gasteiger partial charge on any atom is 0.192 e. The minimum Gasteiger partial charge on any atom is -0.361 e. The quantitative estimate of drug-likeness (QED) is 0.834. The van der Waals surface area contributed by atoms with Crippen molar-refractivity contribution in [3.05, 3.63) is 48.0 Å². The van der Waals surface area contributed by atoms with Crippen LogP contribution in [0.3, 0.4) is 0 Å². The molecule has 3 nitrogen and oxygen atoms in total. The molecular weight excluding hydrogens is 240 g/mol. The molecule has 0 radical (unpaired) electrons. The first-order valence-corrected chi connectivity index (χ1v) is 6.49. The summed E-state index contributed by atoms with van der Waals surface area (Å²) < 4.78 is 5.88. The number of hydrogen-bond acceptors (Lipinski definition) is 3. The van der Waals surface area contributed by atoms with Gasteiger partial charge in [-0.05, 0) is 23.6 Å². The fourth-order valence-corrected chi connectivity index (χ4v) is 2.16. The number of carbonyl (C=O) groups is 2. The van der Waals surface area contributed by atoms with E-state index in [0.29, 0.717) is 12.5 Å². The van der Waals surface area contributed by atoms with Crippen LogP contribution in [0.15, 0.2) is 42.5 Å². The molecule has 0 aromatic heterocycles. The molecule has 0 bridgehead atoms. The molecule has 0 saturated heterocycles. The topological polar surface area (TPSA) is 43.4 Å². The molecule has 1 unspecified atom stereocenters. The number of benzene rings is 1. The van der Waals surface area contributed by atoms with Gasteiger partial charge in [-0.25, -0.2) is 0 Å². The van der Waals surface area contributed by atoms with Gasteiger partial charge < -0.3 is 4.74 Å². The van der Waals surface area contributed by atoms with Crippen molar-refractivity contribution in [3.63, 3.8) is 0 Å². The SMILES string of the molecule is CC(C)COC1(c2ccccc2)CC(=O)C=CC1=O. The van der Waals surface area contributed by atoms with Crippen LogP contribution in [-0.4, -0.2) is 18.2 Å². The van der Waals surface area contributed by atoms with E-state index in [9.17, 15) is 9.59 Å². The predicted octanol–water partition coefficient (Wildman–Crippen LogP) is 2.65. The van der Waals surface area contributed by atoms with Crippen LogP contribution in [0, 0.1) is 5.92 Å². The minimum absolute atomic E-state index is 0.0767. The van der Waals surface area contributed by atoms with E-state index in [-0.39, 0.29) is 18.0 Å². The molecule has 0 amide bonds. The van der Waals surface area contributed by atoms with Crippen LogP contribution in [-0.2, 0) is 19.9 Å². The van der Waals surface area contributed by atoms with Crippen LogP contribution in [0.5, 0.6) is 0 Å². The van der Waals surface area contributed by atoms with E-state index in [2.05, 4.69) is 0 Å². The molecule has 2 rings (SSSR count). The number of ketones is 2. The van der Waals surface area contributed by atoms with Gasteiger partial charge in [0.15, 0.2) is 17.2 Å².